The Balaban J connectivity index is 1.57. The van der Waals surface area contributed by atoms with Crippen LogP contribution >= 0.6 is 0 Å². The Morgan fingerprint density at radius 1 is 1.08 bits per heavy atom. The number of amides is 1. The predicted molar refractivity (Wildman–Crippen MR) is 95.7 cm³/mol. The molecule has 1 aromatic rings. The van der Waals surface area contributed by atoms with Gasteiger partial charge in [0, 0.05) is 51.4 Å². The third-order valence-electron chi connectivity index (χ3n) is 5.37. The highest BCUT2D eigenvalue weighted by atomic mass is 16.5. The van der Waals surface area contributed by atoms with Gasteiger partial charge >= 0.3 is 0 Å². The van der Waals surface area contributed by atoms with Crippen LogP contribution < -0.4 is 0 Å². The first-order valence-electron chi connectivity index (χ1n) is 9.43. The van der Waals surface area contributed by atoms with Crippen LogP contribution in [0.4, 0.5) is 0 Å². The van der Waals surface area contributed by atoms with E-state index in [1.165, 1.54) is 5.56 Å². The largest absolute Gasteiger partial charge is 0.381 e. The minimum Gasteiger partial charge on any atom is -0.381 e. The first-order chi connectivity index (χ1) is 11.8. The van der Waals surface area contributed by atoms with E-state index in [0.717, 1.165) is 58.5 Å². The summed E-state index contributed by atoms with van der Waals surface area (Å²) >= 11 is 0. The number of piperidine rings is 1. The monoisotopic (exact) mass is 330 g/mol. The normalized spacial score (nSPS) is 20.9. The summed E-state index contributed by atoms with van der Waals surface area (Å²) in [5.41, 5.74) is 1.38. The van der Waals surface area contributed by atoms with Gasteiger partial charge in [0.05, 0.1) is 0 Å². The maximum atomic E-state index is 12.6. The van der Waals surface area contributed by atoms with Crippen molar-refractivity contribution < 1.29 is 9.53 Å². The average molecular weight is 330 g/mol. The summed E-state index contributed by atoms with van der Waals surface area (Å²) in [5, 5.41) is 0. The van der Waals surface area contributed by atoms with Crippen molar-refractivity contribution in [2.75, 3.05) is 26.3 Å². The molecule has 2 heterocycles. The van der Waals surface area contributed by atoms with Crippen molar-refractivity contribution in [2.24, 2.45) is 0 Å². The molecule has 0 aliphatic carbocycles. The Bertz CT molecular complexity index is 506. The van der Waals surface area contributed by atoms with Crippen molar-refractivity contribution in [2.45, 2.75) is 57.7 Å². The van der Waals surface area contributed by atoms with Crippen LogP contribution in [0, 0.1) is 0 Å². The van der Waals surface area contributed by atoms with E-state index >= 15 is 0 Å². The molecule has 2 saturated heterocycles. The quantitative estimate of drug-likeness (QED) is 0.832. The molecule has 0 bridgehead atoms. The van der Waals surface area contributed by atoms with Gasteiger partial charge in [-0.1, -0.05) is 37.3 Å². The molecule has 0 spiro atoms. The van der Waals surface area contributed by atoms with E-state index in [4.69, 9.17) is 4.74 Å². The molecule has 24 heavy (non-hydrogen) atoms. The van der Waals surface area contributed by atoms with E-state index in [1.54, 1.807) is 0 Å². The zero-order chi connectivity index (χ0) is 16.8. The summed E-state index contributed by atoms with van der Waals surface area (Å²) in [5.74, 6) is 0.323. The Labute approximate surface area is 145 Å². The zero-order valence-electron chi connectivity index (χ0n) is 14.8. The molecular formula is C20H30N2O2. The summed E-state index contributed by atoms with van der Waals surface area (Å²) in [6, 6.07) is 11.5. The van der Waals surface area contributed by atoms with Gasteiger partial charge < -0.3 is 9.64 Å². The van der Waals surface area contributed by atoms with Crippen LogP contribution in [0.3, 0.4) is 0 Å². The second kappa shape index (κ2) is 8.63. The van der Waals surface area contributed by atoms with E-state index in [2.05, 4.69) is 40.1 Å². The Kier molecular flexibility index (Phi) is 6.27. The van der Waals surface area contributed by atoms with E-state index < -0.39 is 0 Å². The van der Waals surface area contributed by atoms with E-state index in [-0.39, 0.29) is 0 Å². The van der Waals surface area contributed by atoms with Crippen molar-refractivity contribution in [3.63, 3.8) is 0 Å². The van der Waals surface area contributed by atoms with Gasteiger partial charge in [0.2, 0.25) is 5.91 Å². The van der Waals surface area contributed by atoms with Gasteiger partial charge in [0.25, 0.3) is 0 Å². The lowest BCUT2D eigenvalue weighted by Crippen LogP contribution is -2.52. The number of carbonyl (C=O) groups is 1. The third kappa shape index (κ3) is 4.37. The van der Waals surface area contributed by atoms with Crippen LogP contribution in [-0.2, 0) is 16.1 Å². The summed E-state index contributed by atoms with van der Waals surface area (Å²) in [4.78, 5) is 17.3. The van der Waals surface area contributed by atoms with Crippen LogP contribution in [0.2, 0.25) is 0 Å². The second-order valence-electron chi connectivity index (χ2n) is 6.99. The number of rotatable bonds is 5. The molecule has 0 saturated carbocycles. The van der Waals surface area contributed by atoms with Crippen molar-refractivity contribution in [1.29, 1.82) is 0 Å². The highest BCUT2D eigenvalue weighted by Gasteiger charge is 2.33. The van der Waals surface area contributed by atoms with Gasteiger partial charge in [-0.2, -0.15) is 0 Å². The van der Waals surface area contributed by atoms with Crippen LogP contribution in [-0.4, -0.2) is 54.1 Å². The fourth-order valence-electron chi connectivity index (χ4n) is 4.05. The average Bonchev–Trinajstić information content (AvgIpc) is 2.65. The number of likely N-dealkylation sites (tertiary alicyclic amines) is 1. The Hall–Kier alpha value is -1.39. The number of benzene rings is 1. The SMILES string of the molecule is CCC(=O)N(C1CCOCC1)C1CCN(Cc2ccccc2)CC1. The molecule has 1 aromatic carbocycles. The van der Waals surface area contributed by atoms with Gasteiger partial charge in [-0.3, -0.25) is 9.69 Å². The number of ether oxygens (including phenoxy) is 1. The molecule has 132 valence electrons. The fraction of sp³-hybridized carbons (Fsp3) is 0.650. The maximum absolute atomic E-state index is 12.6. The summed E-state index contributed by atoms with van der Waals surface area (Å²) < 4.78 is 5.49. The van der Waals surface area contributed by atoms with Crippen LogP contribution in [0.5, 0.6) is 0 Å². The minimum absolute atomic E-state index is 0.323. The Morgan fingerprint density at radius 3 is 2.33 bits per heavy atom. The van der Waals surface area contributed by atoms with Gasteiger partial charge in [-0.25, -0.2) is 0 Å². The molecule has 0 aromatic heterocycles. The molecule has 0 unspecified atom stereocenters. The number of nitrogens with zero attached hydrogens (tertiary/aromatic N) is 2. The first kappa shape index (κ1) is 17.4. The van der Waals surface area contributed by atoms with Crippen LogP contribution in [0.15, 0.2) is 30.3 Å². The molecule has 3 rings (SSSR count). The Morgan fingerprint density at radius 2 is 1.71 bits per heavy atom. The molecule has 0 N–H and O–H groups in total. The number of hydrogen-bond donors (Lipinski definition) is 0. The predicted octanol–water partition coefficient (Wildman–Crippen LogP) is 3.07. The molecule has 2 aliphatic heterocycles. The molecule has 2 fully saturated rings. The standard InChI is InChI=1S/C20H30N2O2/c1-2-20(23)22(19-10-14-24-15-11-19)18-8-12-21(13-9-18)16-17-6-4-3-5-7-17/h3-7,18-19H,2,8-16H2,1H3. The van der Waals surface area contributed by atoms with Gasteiger partial charge in [-0.15, -0.1) is 0 Å². The highest BCUT2D eigenvalue weighted by Crippen LogP contribution is 2.25. The molecule has 1 amide bonds. The minimum atomic E-state index is 0.323. The molecular weight excluding hydrogens is 300 g/mol. The summed E-state index contributed by atoms with van der Waals surface area (Å²) in [7, 11) is 0. The molecule has 2 aliphatic rings. The fourth-order valence-corrected chi connectivity index (χ4v) is 4.05. The number of carbonyl (C=O) groups excluding carboxylic acids is 1. The molecule has 0 atom stereocenters. The smallest absolute Gasteiger partial charge is 0.222 e. The van der Waals surface area contributed by atoms with Crippen LogP contribution in [0.1, 0.15) is 44.6 Å². The van der Waals surface area contributed by atoms with Crippen molar-refractivity contribution in [3.05, 3.63) is 35.9 Å². The van der Waals surface area contributed by atoms with E-state index in [0.29, 0.717) is 24.4 Å². The third-order valence-corrected chi connectivity index (χ3v) is 5.37. The molecule has 4 nitrogen and oxygen atoms in total. The topological polar surface area (TPSA) is 32.8 Å². The summed E-state index contributed by atoms with van der Waals surface area (Å²) in [6.07, 6.45) is 4.79. The van der Waals surface area contributed by atoms with Crippen molar-refractivity contribution >= 4 is 5.91 Å². The lowest BCUT2D eigenvalue weighted by molar-refractivity contribution is -0.139. The molecule has 0 radical (unpaired) electrons. The maximum Gasteiger partial charge on any atom is 0.222 e. The first-order valence-corrected chi connectivity index (χ1v) is 9.43. The van der Waals surface area contributed by atoms with Gasteiger partial charge in [0.15, 0.2) is 0 Å². The lowest BCUT2D eigenvalue weighted by atomic mass is 9.97. The van der Waals surface area contributed by atoms with Crippen LogP contribution in [0.25, 0.3) is 0 Å². The van der Waals surface area contributed by atoms with Crippen molar-refractivity contribution in [3.8, 4) is 0 Å². The molecule has 4 heteroatoms. The van der Waals surface area contributed by atoms with Crippen molar-refractivity contribution in [1.82, 2.24) is 9.80 Å². The van der Waals surface area contributed by atoms with E-state index in [9.17, 15) is 4.79 Å². The number of hydrogen-bond acceptors (Lipinski definition) is 3. The van der Waals surface area contributed by atoms with E-state index in [1.807, 2.05) is 6.92 Å². The summed E-state index contributed by atoms with van der Waals surface area (Å²) in [6.45, 7) is 6.76. The zero-order valence-corrected chi connectivity index (χ0v) is 14.8. The van der Waals surface area contributed by atoms with Gasteiger partial charge in [-0.05, 0) is 31.2 Å². The highest BCUT2D eigenvalue weighted by molar-refractivity contribution is 5.76. The van der Waals surface area contributed by atoms with Gasteiger partial charge in [0.1, 0.15) is 0 Å². The lowest BCUT2D eigenvalue weighted by Gasteiger charge is -2.43. The second-order valence-corrected chi connectivity index (χ2v) is 6.99.